The highest BCUT2D eigenvalue weighted by Gasteiger charge is 2.16. The second kappa shape index (κ2) is 10.5. The standard InChI is InChI=1S/C13H26O4/c1-11(2)6-7-12(13(14)15)5-4-8-17-10-9-16-3/h11-12H,4-10H2,1-3H3,(H,14,15). The molecule has 0 saturated heterocycles. The summed E-state index contributed by atoms with van der Waals surface area (Å²) in [5.41, 5.74) is 0. The zero-order valence-corrected chi connectivity index (χ0v) is 11.3. The number of carboxylic acid groups (broad SMARTS) is 1. The maximum Gasteiger partial charge on any atom is 0.306 e. The highest BCUT2D eigenvalue weighted by Crippen LogP contribution is 2.17. The molecule has 4 nitrogen and oxygen atoms in total. The Morgan fingerprint density at radius 3 is 2.35 bits per heavy atom. The van der Waals surface area contributed by atoms with Gasteiger partial charge in [0, 0.05) is 13.7 Å². The molecule has 0 rings (SSSR count). The molecule has 0 aliphatic rings. The first-order valence-electron chi connectivity index (χ1n) is 6.37. The minimum atomic E-state index is -0.678. The van der Waals surface area contributed by atoms with Gasteiger partial charge in [0.1, 0.15) is 0 Å². The molecule has 0 radical (unpaired) electrons. The first kappa shape index (κ1) is 16.4. The molecule has 17 heavy (non-hydrogen) atoms. The molecular formula is C13H26O4. The molecule has 102 valence electrons. The fourth-order valence-electron chi connectivity index (χ4n) is 1.60. The van der Waals surface area contributed by atoms with Crippen LogP contribution in [0, 0.1) is 11.8 Å². The average molecular weight is 246 g/mol. The van der Waals surface area contributed by atoms with Gasteiger partial charge in [-0.15, -0.1) is 0 Å². The van der Waals surface area contributed by atoms with Gasteiger partial charge in [0.05, 0.1) is 19.1 Å². The summed E-state index contributed by atoms with van der Waals surface area (Å²) in [6.07, 6.45) is 3.25. The molecule has 0 spiro atoms. The van der Waals surface area contributed by atoms with Crippen LogP contribution in [0.25, 0.3) is 0 Å². The van der Waals surface area contributed by atoms with Crippen molar-refractivity contribution >= 4 is 5.97 Å². The highest BCUT2D eigenvalue weighted by molar-refractivity contribution is 5.69. The molecule has 1 atom stereocenters. The summed E-state index contributed by atoms with van der Waals surface area (Å²) in [7, 11) is 1.63. The monoisotopic (exact) mass is 246 g/mol. The Balaban J connectivity index is 3.60. The summed E-state index contributed by atoms with van der Waals surface area (Å²) in [5, 5.41) is 9.07. The summed E-state index contributed by atoms with van der Waals surface area (Å²) in [5.74, 6) is -0.333. The van der Waals surface area contributed by atoms with Gasteiger partial charge in [-0.05, 0) is 25.2 Å². The van der Waals surface area contributed by atoms with E-state index >= 15 is 0 Å². The Kier molecular flexibility index (Phi) is 10.2. The quantitative estimate of drug-likeness (QED) is 0.569. The van der Waals surface area contributed by atoms with Crippen LogP contribution < -0.4 is 0 Å². The molecule has 1 unspecified atom stereocenters. The number of carbonyl (C=O) groups is 1. The van der Waals surface area contributed by atoms with E-state index in [1.54, 1.807) is 7.11 Å². The molecule has 0 aliphatic carbocycles. The maximum atomic E-state index is 11.0. The van der Waals surface area contributed by atoms with Gasteiger partial charge >= 0.3 is 5.97 Å². The Morgan fingerprint density at radius 1 is 1.12 bits per heavy atom. The van der Waals surface area contributed by atoms with E-state index in [4.69, 9.17) is 14.6 Å². The third kappa shape index (κ3) is 10.3. The lowest BCUT2D eigenvalue weighted by molar-refractivity contribution is -0.142. The molecule has 0 fully saturated rings. The summed E-state index contributed by atoms with van der Waals surface area (Å²) < 4.78 is 10.2. The SMILES string of the molecule is COCCOCCCC(CCC(C)C)C(=O)O. The summed E-state index contributed by atoms with van der Waals surface area (Å²) in [6, 6.07) is 0. The van der Waals surface area contributed by atoms with E-state index in [0.29, 0.717) is 32.2 Å². The van der Waals surface area contributed by atoms with E-state index in [9.17, 15) is 4.79 Å². The van der Waals surface area contributed by atoms with Crippen LogP contribution in [-0.4, -0.2) is 38.0 Å². The predicted molar refractivity (Wildman–Crippen MR) is 67.1 cm³/mol. The first-order valence-corrected chi connectivity index (χ1v) is 6.37. The van der Waals surface area contributed by atoms with Gasteiger partial charge in [-0.1, -0.05) is 20.3 Å². The molecule has 0 aromatic heterocycles. The first-order chi connectivity index (χ1) is 8.07. The van der Waals surface area contributed by atoms with Gasteiger partial charge in [0.25, 0.3) is 0 Å². The second-order valence-corrected chi connectivity index (χ2v) is 4.75. The van der Waals surface area contributed by atoms with Gasteiger partial charge in [-0.25, -0.2) is 0 Å². The Bertz CT molecular complexity index is 192. The molecule has 0 aromatic carbocycles. The molecule has 0 aliphatic heterocycles. The van der Waals surface area contributed by atoms with E-state index in [-0.39, 0.29) is 5.92 Å². The largest absolute Gasteiger partial charge is 0.481 e. The van der Waals surface area contributed by atoms with E-state index in [1.807, 2.05) is 0 Å². The number of rotatable bonds is 11. The Hall–Kier alpha value is -0.610. The lowest BCUT2D eigenvalue weighted by Gasteiger charge is -2.13. The molecule has 1 N–H and O–H groups in total. The van der Waals surface area contributed by atoms with Crippen molar-refractivity contribution in [2.24, 2.45) is 11.8 Å². The van der Waals surface area contributed by atoms with Crippen LogP contribution in [0.2, 0.25) is 0 Å². The minimum absolute atomic E-state index is 0.219. The molecule has 4 heteroatoms. The van der Waals surface area contributed by atoms with Crippen LogP contribution in [0.5, 0.6) is 0 Å². The van der Waals surface area contributed by atoms with Crippen molar-refractivity contribution in [3.05, 3.63) is 0 Å². The van der Waals surface area contributed by atoms with Gasteiger partial charge in [-0.3, -0.25) is 4.79 Å². The average Bonchev–Trinajstić information content (AvgIpc) is 2.26. The minimum Gasteiger partial charge on any atom is -0.481 e. The normalized spacial score (nSPS) is 12.9. The summed E-state index contributed by atoms with van der Waals surface area (Å²) in [4.78, 5) is 11.0. The number of aliphatic carboxylic acids is 1. The van der Waals surface area contributed by atoms with Crippen molar-refractivity contribution in [3.63, 3.8) is 0 Å². The van der Waals surface area contributed by atoms with Crippen LogP contribution >= 0.6 is 0 Å². The third-order valence-electron chi connectivity index (χ3n) is 2.71. The molecule has 0 heterocycles. The van der Waals surface area contributed by atoms with Crippen molar-refractivity contribution in [2.45, 2.75) is 39.5 Å². The Labute approximate surface area is 104 Å². The zero-order chi connectivity index (χ0) is 13.1. The van der Waals surface area contributed by atoms with E-state index in [2.05, 4.69) is 13.8 Å². The van der Waals surface area contributed by atoms with Crippen molar-refractivity contribution in [2.75, 3.05) is 26.9 Å². The molecule has 0 saturated carbocycles. The van der Waals surface area contributed by atoms with Crippen LogP contribution in [0.4, 0.5) is 0 Å². The van der Waals surface area contributed by atoms with E-state index < -0.39 is 5.97 Å². The second-order valence-electron chi connectivity index (χ2n) is 4.75. The number of methoxy groups -OCH3 is 1. The molecular weight excluding hydrogens is 220 g/mol. The van der Waals surface area contributed by atoms with Gasteiger partial charge in [-0.2, -0.15) is 0 Å². The number of hydrogen-bond acceptors (Lipinski definition) is 3. The molecule has 0 bridgehead atoms. The zero-order valence-electron chi connectivity index (χ0n) is 11.3. The molecule has 0 aromatic rings. The summed E-state index contributed by atoms with van der Waals surface area (Å²) in [6.45, 7) is 6.03. The van der Waals surface area contributed by atoms with Gasteiger partial charge in [0.2, 0.25) is 0 Å². The van der Waals surface area contributed by atoms with Crippen molar-refractivity contribution in [1.29, 1.82) is 0 Å². The van der Waals surface area contributed by atoms with Crippen LogP contribution in [-0.2, 0) is 14.3 Å². The Morgan fingerprint density at radius 2 is 1.82 bits per heavy atom. The van der Waals surface area contributed by atoms with Crippen LogP contribution in [0.15, 0.2) is 0 Å². The number of ether oxygens (including phenoxy) is 2. The number of carboxylic acids is 1. The van der Waals surface area contributed by atoms with Gasteiger partial charge < -0.3 is 14.6 Å². The van der Waals surface area contributed by atoms with Gasteiger partial charge in [0.15, 0.2) is 0 Å². The van der Waals surface area contributed by atoms with Crippen molar-refractivity contribution in [1.82, 2.24) is 0 Å². The lowest BCUT2D eigenvalue weighted by Crippen LogP contribution is -2.15. The third-order valence-corrected chi connectivity index (χ3v) is 2.71. The summed E-state index contributed by atoms with van der Waals surface area (Å²) >= 11 is 0. The maximum absolute atomic E-state index is 11.0. The van der Waals surface area contributed by atoms with Crippen molar-refractivity contribution in [3.8, 4) is 0 Å². The van der Waals surface area contributed by atoms with Crippen LogP contribution in [0.3, 0.4) is 0 Å². The smallest absolute Gasteiger partial charge is 0.306 e. The fourth-order valence-corrected chi connectivity index (χ4v) is 1.60. The van der Waals surface area contributed by atoms with Crippen LogP contribution in [0.1, 0.15) is 39.5 Å². The highest BCUT2D eigenvalue weighted by atomic mass is 16.5. The topological polar surface area (TPSA) is 55.8 Å². The molecule has 0 amide bonds. The lowest BCUT2D eigenvalue weighted by atomic mass is 9.94. The fraction of sp³-hybridized carbons (Fsp3) is 0.923. The van der Waals surface area contributed by atoms with E-state index in [0.717, 1.165) is 19.3 Å². The number of hydrogen-bond donors (Lipinski definition) is 1. The van der Waals surface area contributed by atoms with E-state index in [1.165, 1.54) is 0 Å². The predicted octanol–water partition coefficient (Wildman–Crippen LogP) is 2.57. The van der Waals surface area contributed by atoms with Crippen molar-refractivity contribution < 1.29 is 19.4 Å².